The minimum Gasteiger partial charge on any atom is -0.380 e. The number of nitrogens with one attached hydrogen (secondary N) is 2. The second-order valence-electron chi connectivity index (χ2n) is 5.37. The molecular formula is C18H13Cl2FN4O. The van der Waals surface area contributed by atoms with Gasteiger partial charge in [-0.15, -0.1) is 0 Å². The Hall–Kier alpha value is -2.70. The molecule has 0 atom stereocenters. The van der Waals surface area contributed by atoms with E-state index >= 15 is 0 Å². The fourth-order valence-electron chi connectivity index (χ4n) is 2.46. The molecule has 0 spiro atoms. The van der Waals surface area contributed by atoms with Crippen molar-refractivity contribution >= 4 is 35.1 Å². The van der Waals surface area contributed by atoms with E-state index in [1.54, 1.807) is 24.3 Å². The molecule has 0 bridgehead atoms. The van der Waals surface area contributed by atoms with Crippen molar-refractivity contribution < 1.29 is 4.39 Å². The fourth-order valence-corrected chi connectivity index (χ4v) is 2.80. The summed E-state index contributed by atoms with van der Waals surface area (Å²) in [6.07, 6.45) is 3.80. The molecule has 0 aliphatic carbocycles. The zero-order chi connectivity index (χ0) is 18.7. The van der Waals surface area contributed by atoms with Crippen molar-refractivity contribution in [2.75, 3.05) is 5.32 Å². The van der Waals surface area contributed by atoms with Gasteiger partial charge in [-0.05, 0) is 12.1 Å². The summed E-state index contributed by atoms with van der Waals surface area (Å²) in [4.78, 5) is 16.6. The normalized spacial score (nSPS) is 10.6. The maximum Gasteiger partial charge on any atom is 0.266 e. The molecule has 0 aliphatic rings. The third kappa shape index (κ3) is 3.61. The van der Waals surface area contributed by atoms with Gasteiger partial charge in [0.25, 0.3) is 5.56 Å². The molecule has 0 radical (unpaired) electrons. The Morgan fingerprint density at radius 3 is 2.77 bits per heavy atom. The predicted octanol–water partition coefficient (Wildman–Crippen LogP) is 4.29. The number of anilines is 1. The molecule has 2 aromatic heterocycles. The van der Waals surface area contributed by atoms with E-state index in [0.29, 0.717) is 16.9 Å². The van der Waals surface area contributed by atoms with E-state index in [1.807, 2.05) is 0 Å². The summed E-state index contributed by atoms with van der Waals surface area (Å²) >= 11 is 12.0. The van der Waals surface area contributed by atoms with Crippen molar-refractivity contribution in [3.63, 3.8) is 0 Å². The highest BCUT2D eigenvalue weighted by Crippen LogP contribution is 2.22. The lowest BCUT2D eigenvalue weighted by atomic mass is 10.2. The van der Waals surface area contributed by atoms with Crippen molar-refractivity contribution in [1.29, 1.82) is 5.41 Å². The molecule has 0 unspecified atom stereocenters. The second kappa shape index (κ2) is 7.68. The van der Waals surface area contributed by atoms with Crippen LogP contribution >= 0.6 is 23.2 Å². The first-order valence-corrected chi connectivity index (χ1v) is 8.31. The minimum atomic E-state index is -0.456. The molecular weight excluding hydrogens is 378 g/mol. The number of benzene rings is 1. The van der Waals surface area contributed by atoms with Crippen LogP contribution in [0.25, 0.3) is 5.69 Å². The lowest BCUT2D eigenvalue weighted by molar-refractivity contribution is 0.613. The highest BCUT2D eigenvalue weighted by molar-refractivity contribution is 6.33. The minimum absolute atomic E-state index is 0.118. The first-order valence-electron chi connectivity index (χ1n) is 7.56. The SMILES string of the molecule is N=Cc1c(NCc2ccccc2F)ccn(-c2cc(Cl)ncc2Cl)c1=O. The van der Waals surface area contributed by atoms with Gasteiger partial charge in [0.2, 0.25) is 0 Å². The van der Waals surface area contributed by atoms with E-state index in [9.17, 15) is 9.18 Å². The van der Waals surface area contributed by atoms with Crippen LogP contribution < -0.4 is 10.9 Å². The number of pyridine rings is 2. The molecule has 132 valence electrons. The molecule has 0 aliphatic heterocycles. The Morgan fingerprint density at radius 1 is 1.27 bits per heavy atom. The highest BCUT2D eigenvalue weighted by Gasteiger charge is 2.13. The Bertz CT molecular complexity index is 1040. The zero-order valence-electron chi connectivity index (χ0n) is 13.3. The van der Waals surface area contributed by atoms with Crippen molar-refractivity contribution in [2.24, 2.45) is 0 Å². The van der Waals surface area contributed by atoms with Crippen LogP contribution in [0.1, 0.15) is 11.1 Å². The second-order valence-corrected chi connectivity index (χ2v) is 6.16. The summed E-state index contributed by atoms with van der Waals surface area (Å²) in [5.74, 6) is -0.344. The molecule has 0 saturated carbocycles. The molecule has 26 heavy (non-hydrogen) atoms. The summed E-state index contributed by atoms with van der Waals surface area (Å²) in [5, 5.41) is 11.0. The average molecular weight is 391 g/mol. The summed E-state index contributed by atoms with van der Waals surface area (Å²) in [6.45, 7) is 0.179. The monoisotopic (exact) mass is 390 g/mol. The molecule has 1 aromatic carbocycles. The number of halogens is 3. The van der Waals surface area contributed by atoms with Crippen LogP contribution in [0.15, 0.2) is 53.6 Å². The standard InChI is InChI=1S/C18H13Cl2FN4O/c19-13-10-24-17(20)7-16(13)25-6-5-15(12(8-22)18(25)26)23-9-11-3-1-2-4-14(11)21/h1-8,10,22-23H,9H2. The smallest absolute Gasteiger partial charge is 0.266 e. The maximum absolute atomic E-state index is 13.7. The van der Waals surface area contributed by atoms with E-state index in [2.05, 4.69) is 10.3 Å². The summed E-state index contributed by atoms with van der Waals surface area (Å²) in [7, 11) is 0. The fraction of sp³-hybridized carbons (Fsp3) is 0.0556. The van der Waals surface area contributed by atoms with Gasteiger partial charge in [0.05, 0.1) is 22.0 Å². The number of rotatable bonds is 5. The Labute approximate surface area is 158 Å². The molecule has 8 heteroatoms. The van der Waals surface area contributed by atoms with E-state index in [0.717, 1.165) is 6.21 Å². The number of aromatic nitrogens is 2. The van der Waals surface area contributed by atoms with Crippen molar-refractivity contribution in [1.82, 2.24) is 9.55 Å². The van der Waals surface area contributed by atoms with Crippen LogP contribution in [0.5, 0.6) is 0 Å². The summed E-state index contributed by atoms with van der Waals surface area (Å²) in [6, 6.07) is 9.42. The average Bonchev–Trinajstić information content (AvgIpc) is 2.63. The Balaban J connectivity index is 1.98. The largest absolute Gasteiger partial charge is 0.380 e. The van der Waals surface area contributed by atoms with Gasteiger partial charge in [-0.1, -0.05) is 41.4 Å². The summed E-state index contributed by atoms with van der Waals surface area (Å²) in [5.41, 5.74) is 0.897. The van der Waals surface area contributed by atoms with Crippen LogP contribution in [0, 0.1) is 11.2 Å². The highest BCUT2D eigenvalue weighted by atomic mass is 35.5. The molecule has 3 aromatic rings. The molecule has 2 N–H and O–H groups in total. The quantitative estimate of drug-likeness (QED) is 0.504. The lowest BCUT2D eigenvalue weighted by Gasteiger charge is -2.13. The van der Waals surface area contributed by atoms with Gasteiger partial charge in [0.15, 0.2) is 0 Å². The number of hydrogen-bond acceptors (Lipinski definition) is 4. The van der Waals surface area contributed by atoms with Crippen LogP contribution in [0.2, 0.25) is 10.2 Å². The van der Waals surface area contributed by atoms with E-state index in [1.165, 1.54) is 29.1 Å². The Kier molecular flexibility index (Phi) is 5.35. The van der Waals surface area contributed by atoms with Crippen LogP contribution in [-0.2, 0) is 6.54 Å². The molecule has 2 heterocycles. The van der Waals surface area contributed by atoms with Crippen molar-refractivity contribution in [2.45, 2.75) is 6.54 Å². The van der Waals surface area contributed by atoms with Gasteiger partial charge in [-0.3, -0.25) is 9.36 Å². The molecule has 3 rings (SSSR count). The third-order valence-corrected chi connectivity index (χ3v) is 4.26. The van der Waals surface area contributed by atoms with Gasteiger partial charge in [0.1, 0.15) is 11.0 Å². The van der Waals surface area contributed by atoms with E-state index < -0.39 is 5.56 Å². The topological polar surface area (TPSA) is 70.8 Å². The first-order chi connectivity index (χ1) is 12.5. The Morgan fingerprint density at radius 2 is 2.04 bits per heavy atom. The van der Waals surface area contributed by atoms with E-state index in [4.69, 9.17) is 28.6 Å². The molecule has 0 saturated heterocycles. The number of nitrogens with zero attached hydrogens (tertiary/aromatic N) is 2. The molecule has 0 fully saturated rings. The van der Waals surface area contributed by atoms with Gasteiger partial charge in [-0.25, -0.2) is 9.37 Å². The maximum atomic E-state index is 13.7. The lowest BCUT2D eigenvalue weighted by Crippen LogP contribution is -2.23. The zero-order valence-corrected chi connectivity index (χ0v) is 14.9. The van der Waals surface area contributed by atoms with Gasteiger partial charge in [-0.2, -0.15) is 0 Å². The third-order valence-electron chi connectivity index (χ3n) is 3.76. The van der Waals surface area contributed by atoms with Crippen molar-refractivity contribution in [3.05, 3.63) is 86.3 Å². The van der Waals surface area contributed by atoms with Crippen molar-refractivity contribution in [3.8, 4) is 5.69 Å². The van der Waals surface area contributed by atoms with Gasteiger partial charge < -0.3 is 10.7 Å². The van der Waals surface area contributed by atoms with Crippen LogP contribution in [0.3, 0.4) is 0 Å². The van der Waals surface area contributed by atoms with E-state index in [-0.39, 0.29) is 28.1 Å². The summed E-state index contributed by atoms with van der Waals surface area (Å²) < 4.78 is 15.0. The van der Waals surface area contributed by atoms with Crippen LogP contribution in [-0.4, -0.2) is 15.8 Å². The van der Waals surface area contributed by atoms with Crippen LogP contribution in [0.4, 0.5) is 10.1 Å². The predicted molar refractivity (Wildman–Crippen MR) is 101 cm³/mol. The molecule has 5 nitrogen and oxygen atoms in total. The van der Waals surface area contributed by atoms with Gasteiger partial charge >= 0.3 is 0 Å². The molecule has 0 amide bonds. The van der Waals surface area contributed by atoms with Gasteiger partial charge in [0, 0.05) is 36.8 Å². The first kappa shape index (κ1) is 18.1. The number of hydrogen-bond donors (Lipinski definition) is 2.